The number of carbonyl (C=O) groups excluding carboxylic acids is 2. The summed E-state index contributed by atoms with van der Waals surface area (Å²) < 4.78 is 5.74. The fourth-order valence-corrected chi connectivity index (χ4v) is 5.76. The number of nitrogens with one attached hydrogen (secondary N) is 2. The van der Waals surface area contributed by atoms with Crippen molar-refractivity contribution in [3.63, 3.8) is 0 Å². The maximum Gasteiger partial charge on any atom is 0.287 e. The molecule has 0 saturated heterocycles. The molecule has 0 aromatic carbocycles. The van der Waals surface area contributed by atoms with Crippen LogP contribution in [0.5, 0.6) is 0 Å². The molecule has 5 nitrogen and oxygen atoms in total. The maximum absolute atomic E-state index is 12.8. The summed E-state index contributed by atoms with van der Waals surface area (Å²) in [5, 5.41) is 5.83. The zero-order chi connectivity index (χ0) is 16.7. The number of hydrogen-bond donors (Lipinski definition) is 2. The molecular weight excluding hydrogens is 372 g/mol. The predicted molar refractivity (Wildman–Crippen MR) is 92.4 cm³/mol. The first-order chi connectivity index (χ1) is 11.5. The summed E-state index contributed by atoms with van der Waals surface area (Å²) in [4.78, 5) is 24.7. The monoisotopic (exact) mass is 394 g/mol. The molecule has 0 unspecified atom stereocenters. The van der Waals surface area contributed by atoms with Crippen molar-refractivity contribution in [2.75, 3.05) is 13.1 Å². The smallest absolute Gasteiger partial charge is 0.287 e. The summed E-state index contributed by atoms with van der Waals surface area (Å²) in [6.07, 6.45) is 7.21. The first kappa shape index (κ1) is 16.2. The summed E-state index contributed by atoms with van der Waals surface area (Å²) in [5.41, 5.74) is -0.120. The third-order valence-electron chi connectivity index (χ3n) is 6.01. The van der Waals surface area contributed by atoms with Crippen LogP contribution < -0.4 is 10.6 Å². The lowest BCUT2D eigenvalue weighted by atomic mass is 9.49. The minimum Gasteiger partial charge on any atom is -0.444 e. The summed E-state index contributed by atoms with van der Waals surface area (Å²) >= 11 is 3.17. The molecule has 4 bridgehead atoms. The molecule has 4 fully saturated rings. The Labute approximate surface area is 150 Å². The van der Waals surface area contributed by atoms with Crippen LogP contribution in [0.3, 0.4) is 0 Å². The minimum absolute atomic E-state index is 0.120. The van der Waals surface area contributed by atoms with Crippen molar-refractivity contribution in [2.45, 2.75) is 38.5 Å². The number of rotatable bonds is 5. The second-order valence-electron chi connectivity index (χ2n) is 7.81. The zero-order valence-corrected chi connectivity index (χ0v) is 15.2. The van der Waals surface area contributed by atoms with Crippen LogP contribution in [-0.4, -0.2) is 24.9 Å². The van der Waals surface area contributed by atoms with Crippen LogP contribution in [0.2, 0.25) is 0 Å². The van der Waals surface area contributed by atoms with Crippen molar-refractivity contribution >= 4 is 27.7 Å². The van der Waals surface area contributed by atoms with E-state index < -0.39 is 0 Å². The van der Waals surface area contributed by atoms with Crippen LogP contribution in [0, 0.1) is 23.2 Å². The maximum atomic E-state index is 12.8. The van der Waals surface area contributed by atoms with Gasteiger partial charge in [0.05, 0.1) is 0 Å². The summed E-state index contributed by atoms with van der Waals surface area (Å²) in [6, 6.07) is 3.30. The topological polar surface area (TPSA) is 71.3 Å². The molecule has 0 atom stereocenters. The Morgan fingerprint density at radius 2 is 1.62 bits per heavy atom. The summed E-state index contributed by atoms with van der Waals surface area (Å²) in [6.45, 7) is 0.878. The number of furan rings is 1. The largest absolute Gasteiger partial charge is 0.444 e. The highest BCUT2D eigenvalue weighted by Gasteiger charge is 2.54. The van der Waals surface area contributed by atoms with Gasteiger partial charge in [-0.2, -0.15) is 0 Å². The minimum atomic E-state index is -0.259. The van der Waals surface area contributed by atoms with Crippen molar-refractivity contribution in [3.8, 4) is 0 Å². The average molecular weight is 395 g/mol. The Kier molecular flexibility index (Phi) is 4.19. The highest BCUT2D eigenvalue weighted by Crippen LogP contribution is 2.60. The molecule has 2 amide bonds. The van der Waals surface area contributed by atoms with Gasteiger partial charge < -0.3 is 15.1 Å². The first-order valence-corrected chi connectivity index (χ1v) is 9.65. The van der Waals surface area contributed by atoms with Crippen LogP contribution >= 0.6 is 15.9 Å². The molecule has 2 N–H and O–H groups in total. The molecule has 0 spiro atoms. The summed E-state index contributed by atoms with van der Waals surface area (Å²) in [5.74, 6) is 2.51. The lowest BCUT2D eigenvalue weighted by Crippen LogP contribution is -2.54. The van der Waals surface area contributed by atoms with Crippen molar-refractivity contribution in [1.82, 2.24) is 10.6 Å². The SMILES string of the molecule is O=C(NCCNC(=O)C12CC3CC(CC(C3)C1)C2)c1ccc(Br)o1. The lowest BCUT2D eigenvalue weighted by Gasteiger charge is -2.55. The number of carbonyl (C=O) groups is 2. The van der Waals surface area contributed by atoms with Gasteiger partial charge in [-0.25, -0.2) is 0 Å². The van der Waals surface area contributed by atoms with Gasteiger partial charge in [0.15, 0.2) is 10.4 Å². The second-order valence-corrected chi connectivity index (χ2v) is 8.60. The van der Waals surface area contributed by atoms with Gasteiger partial charge >= 0.3 is 0 Å². The van der Waals surface area contributed by atoms with E-state index in [0.717, 1.165) is 37.0 Å². The van der Waals surface area contributed by atoms with Gasteiger partial charge in [0.1, 0.15) is 0 Å². The second kappa shape index (κ2) is 6.21. The fourth-order valence-electron chi connectivity index (χ4n) is 5.45. The van der Waals surface area contributed by atoms with Gasteiger partial charge in [0, 0.05) is 18.5 Å². The van der Waals surface area contributed by atoms with E-state index >= 15 is 0 Å². The first-order valence-electron chi connectivity index (χ1n) is 8.86. The van der Waals surface area contributed by atoms with Crippen LogP contribution in [-0.2, 0) is 4.79 Å². The summed E-state index contributed by atoms with van der Waals surface area (Å²) in [7, 11) is 0. The molecule has 4 saturated carbocycles. The molecule has 5 rings (SSSR count). The number of hydrogen-bond acceptors (Lipinski definition) is 3. The molecule has 6 heteroatoms. The number of amides is 2. The Hall–Kier alpha value is -1.30. The van der Waals surface area contributed by atoms with E-state index in [4.69, 9.17) is 4.42 Å². The van der Waals surface area contributed by atoms with Gasteiger partial charge in [0.25, 0.3) is 5.91 Å². The zero-order valence-electron chi connectivity index (χ0n) is 13.6. The Balaban J connectivity index is 1.26. The molecule has 4 aliphatic rings. The van der Waals surface area contributed by atoms with Gasteiger partial charge in [-0.3, -0.25) is 9.59 Å². The molecule has 24 heavy (non-hydrogen) atoms. The molecule has 0 radical (unpaired) electrons. The van der Waals surface area contributed by atoms with Crippen LogP contribution in [0.1, 0.15) is 49.1 Å². The van der Waals surface area contributed by atoms with Gasteiger partial charge in [-0.1, -0.05) is 0 Å². The van der Waals surface area contributed by atoms with Crippen LogP contribution in [0.25, 0.3) is 0 Å². The van der Waals surface area contributed by atoms with E-state index in [0.29, 0.717) is 17.8 Å². The van der Waals surface area contributed by atoms with E-state index in [9.17, 15) is 9.59 Å². The van der Waals surface area contributed by atoms with E-state index in [-0.39, 0.29) is 23.0 Å². The van der Waals surface area contributed by atoms with Gasteiger partial charge in [-0.15, -0.1) is 0 Å². The van der Waals surface area contributed by atoms with Crippen molar-refractivity contribution in [1.29, 1.82) is 0 Å². The average Bonchev–Trinajstić information content (AvgIpc) is 2.96. The Morgan fingerprint density at radius 1 is 1.04 bits per heavy atom. The van der Waals surface area contributed by atoms with E-state index in [1.165, 1.54) is 19.3 Å². The van der Waals surface area contributed by atoms with Gasteiger partial charge in [0.2, 0.25) is 5.91 Å². The number of halogens is 1. The van der Waals surface area contributed by atoms with E-state index in [1.807, 2.05) is 0 Å². The Morgan fingerprint density at radius 3 is 2.17 bits per heavy atom. The van der Waals surface area contributed by atoms with Crippen LogP contribution in [0.4, 0.5) is 0 Å². The molecule has 130 valence electrons. The Bertz CT molecular complexity index is 619. The highest BCUT2D eigenvalue weighted by molar-refractivity contribution is 9.10. The standard InChI is InChI=1S/C18H23BrN2O3/c19-15-2-1-14(24-15)16(22)20-3-4-21-17(23)18-8-11-5-12(9-18)7-13(6-11)10-18/h1-2,11-13H,3-10H2,(H,20,22)(H,21,23). The molecule has 4 aliphatic carbocycles. The van der Waals surface area contributed by atoms with Crippen molar-refractivity contribution in [3.05, 3.63) is 22.6 Å². The van der Waals surface area contributed by atoms with Gasteiger partial charge in [-0.05, 0) is 84.3 Å². The third kappa shape index (κ3) is 3.01. The lowest BCUT2D eigenvalue weighted by molar-refractivity contribution is -0.146. The molecule has 0 aliphatic heterocycles. The predicted octanol–water partition coefficient (Wildman–Crippen LogP) is 3.10. The van der Waals surface area contributed by atoms with Crippen molar-refractivity contribution < 1.29 is 14.0 Å². The quantitative estimate of drug-likeness (QED) is 0.753. The van der Waals surface area contributed by atoms with E-state index in [2.05, 4.69) is 26.6 Å². The van der Waals surface area contributed by atoms with E-state index in [1.54, 1.807) is 12.1 Å². The third-order valence-corrected chi connectivity index (χ3v) is 6.44. The molecule has 1 aromatic rings. The molecular formula is C18H23BrN2O3. The van der Waals surface area contributed by atoms with Crippen LogP contribution in [0.15, 0.2) is 21.2 Å². The molecule has 1 aromatic heterocycles. The van der Waals surface area contributed by atoms with Crippen molar-refractivity contribution in [2.24, 2.45) is 23.2 Å². The molecule has 1 heterocycles. The fraction of sp³-hybridized carbons (Fsp3) is 0.667. The normalized spacial score (nSPS) is 33.5. The highest BCUT2D eigenvalue weighted by atomic mass is 79.9.